The first-order chi connectivity index (χ1) is 15.0. The molecule has 4 rings (SSSR count). The number of rotatable bonds is 6. The van der Waals surface area contributed by atoms with Crippen molar-refractivity contribution in [1.29, 1.82) is 0 Å². The van der Waals surface area contributed by atoms with Crippen LogP contribution in [-0.2, 0) is 20.9 Å². The fourth-order valence-corrected chi connectivity index (χ4v) is 3.73. The van der Waals surface area contributed by atoms with Crippen molar-refractivity contribution in [3.63, 3.8) is 0 Å². The van der Waals surface area contributed by atoms with E-state index in [1.54, 1.807) is 24.3 Å². The highest BCUT2D eigenvalue weighted by molar-refractivity contribution is 6.44. The maximum absolute atomic E-state index is 12.6. The van der Waals surface area contributed by atoms with E-state index >= 15 is 0 Å². The van der Waals surface area contributed by atoms with Gasteiger partial charge < -0.3 is 5.32 Å². The molecule has 1 heterocycles. The van der Waals surface area contributed by atoms with Gasteiger partial charge in [-0.25, -0.2) is 9.69 Å². The molecule has 0 aromatic heterocycles. The van der Waals surface area contributed by atoms with Crippen LogP contribution in [-0.4, -0.2) is 40.1 Å². The Balaban J connectivity index is 1.45. The van der Waals surface area contributed by atoms with Gasteiger partial charge in [-0.15, -0.1) is 0 Å². The Bertz CT molecular complexity index is 1170. The molecule has 31 heavy (non-hydrogen) atoms. The predicted octanol–water partition coefficient (Wildman–Crippen LogP) is 3.01. The standard InChI is InChI=1S/C24H21N3O4/c1-16(19-13-7-11-18-10-5-6-12-20(18)19)25-21(28)15-27-23(30)22(29)26(24(27)31)14-17-8-3-2-4-9-17/h2-13,16H,14-15H2,1H3,(H,25,28)/t16-/m0/s1. The first-order valence-electron chi connectivity index (χ1n) is 9.94. The molecule has 0 spiro atoms. The van der Waals surface area contributed by atoms with Crippen molar-refractivity contribution < 1.29 is 19.2 Å². The Morgan fingerprint density at radius 1 is 0.839 bits per heavy atom. The zero-order chi connectivity index (χ0) is 22.0. The largest absolute Gasteiger partial charge is 0.348 e. The second-order valence-electron chi connectivity index (χ2n) is 7.41. The molecule has 1 fully saturated rings. The van der Waals surface area contributed by atoms with Crippen LogP contribution in [0.5, 0.6) is 0 Å². The summed E-state index contributed by atoms with van der Waals surface area (Å²) in [5.41, 5.74) is 1.64. The molecule has 1 atom stereocenters. The van der Waals surface area contributed by atoms with Gasteiger partial charge in [-0.1, -0.05) is 72.8 Å². The molecule has 3 aromatic carbocycles. The number of carbonyl (C=O) groups is 4. The van der Waals surface area contributed by atoms with Crippen LogP contribution in [0.25, 0.3) is 10.8 Å². The maximum atomic E-state index is 12.6. The highest BCUT2D eigenvalue weighted by Crippen LogP contribution is 2.24. The molecule has 7 heteroatoms. The fourth-order valence-electron chi connectivity index (χ4n) is 3.73. The van der Waals surface area contributed by atoms with E-state index in [2.05, 4.69) is 5.32 Å². The molecule has 3 aromatic rings. The summed E-state index contributed by atoms with van der Waals surface area (Å²) >= 11 is 0. The minimum absolute atomic E-state index is 0.0191. The lowest BCUT2D eigenvalue weighted by Crippen LogP contribution is -2.42. The molecule has 0 saturated carbocycles. The quantitative estimate of drug-likeness (QED) is 0.495. The number of hydrogen-bond donors (Lipinski definition) is 1. The van der Waals surface area contributed by atoms with Gasteiger partial charge in [0.2, 0.25) is 5.91 Å². The summed E-state index contributed by atoms with van der Waals surface area (Å²) in [6.07, 6.45) is 0. The lowest BCUT2D eigenvalue weighted by atomic mass is 10.00. The molecule has 156 valence electrons. The van der Waals surface area contributed by atoms with Crippen molar-refractivity contribution >= 4 is 34.5 Å². The monoisotopic (exact) mass is 415 g/mol. The summed E-state index contributed by atoms with van der Waals surface area (Å²) in [6.45, 7) is 1.30. The van der Waals surface area contributed by atoms with Crippen LogP contribution in [0.2, 0.25) is 0 Å². The number of urea groups is 1. The number of nitrogens with one attached hydrogen (secondary N) is 1. The summed E-state index contributed by atoms with van der Waals surface area (Å²) in [5.74, 6) is -2.44. The molecule has 5 amide bonds. The third-order valence-corrected chi connectivity index (χ3v) is 5.29. The van der Waals surface area contributed by atoms with Gasteiger partial charge in [0.1, 0.15) is 6.54 Å². The fraction of sp³-hybridized carbons (Fsp3) is 0.167. The van der Waals surface area contributed by atoms with Crippen molar-refractivity contribution in [2.45, 2.75) is 19.5 Å². The molecule has 0 aliphatic carbocycles. The van der Waals surface area contributed by atoms with Gasteiger partial charge in [0.15, 0.2) is 0 Å². The summed E-state index contributed by atoms with van der Waals surface area (Å²) in [4.78, 5) is 51.4. The molecule has 0 bridgehead atoms. The molecule has 0 unspecified atom stereocenters. The van der Waals surface area contributed by atoms with E-state index < -0.39 is 30.3 Å². The highest BCUT2D eigenvalue weighted by atomic mass is 16.2. The average molecular weight is 415 g/mol. The summed E-state index contributed by atoms with van der Waals surface area (Å²) < 4.78 is 0. The second kappa shape index (κ2) is 8.39. The topological polar surface area (TPSA) is 86.8 Å². The summed E-state index contributed by atoms with van der Waals surface area (Å²) in [7, 11) is 0. The van der Waals surface area contributed by atoms with E-state index in [1.165, 1.54) is 0 Å². The van der Waals surface area contributed by atoms with Crippen LogP contribution in [0.4, 0.5) is 4.79 Å². The Hall–Kier alpha value is -4.00. The van der Waals surface area contributed by atoms with Gasteiger partial charge in [-0.3, -0.25) is 19.3 Å². The lowest BCUT2D eigenvalue weighted by molar-refractivity contribution is -0.144. The van der Waals surface area contributed by atoms with Gasteiger partial charge in [0.25, 0.3) is 0 Å². The van der Waals surface area contributed by atoms with Gasteiger partial charge >= 0.3 is 17.8 Å². The number of imide groups is 2. The maximum Gasteiger partial charge on any atom is 0.335 e. The molecule has 0 radical (unpaired) electrons. The normalized spacial score (nSPS) is 14.9. The van der Waals surface area contributed by atoms with Crippen molar-refractivity contribution in [1.82, 2.24) is 15.1 Å². The lowest BCUT2D eigenvalue weighted by Gasteiger charge is -2.19. The number of carbonyl (C=O) groups excluding carboxylic acids is 4. The molecular weight excluding hydrogens is 394 g/mol. The summed E-state index contributed by atoms with van der Waals surface area (Å²) in [6, 6.07) is 21.4. The minimum atomic E-state index is -0.992. The predicted molar refractivity (Wildman–Crippen MR) is 115 cm³/mol. The van der Waals surface area contributed by atoms with E-state index in [-0.39, 0.29) is 12.6 Å². The van der Waals surface area contributed by atoms with Crippen molar-refractivity contribution in [3.8, 4) is 0 Å². The van der Waals surface area contributed by atoms with Gasteiger partial charge in [0, 0.05) is 0 Å². The first kappa shape index (κ1) is 20.3. The molecule has 1 aliphatic heterocycles. The van der Waals surface area contributed by atoms with Crippen molar-refractivity contribution in [2.24, 2.45) is 0 Å². The third-order valence-electron chi connectivity index (χ3n) is 5.29. The average Bonchev–Trinajstić information content (AvgIpc) is 2.97. The van der Waals surface area contributed by atoms with Gasteiger partial charge in [0.05, 0.1) is 12.6 Å². The van der Waals surface area contributed by atoms with Crippen molar-refractivity contribution in [3.05, 3.63) is 83.9 Å². The zero-order valence-corrected chi connectivity index (χ0v) is 16.9. The molecular formula is C24H21N3O4. The molecule has 1 aliphatic rings. The number of hydrogen-bond acceptors (Lipinski definition) is 4. The Morgan fingerprint density at radius 3 is 2.26 bits per heavy atom. The zero-order valence-electron chi connectivity index (χ0n) is 16.9. The van der Waals surface area contributed by atoms with Crippen LogP contribution in [0.1, 0.15) is 24.1 Å². The minimum Gasteiger partial charge on any atom is -0.348 e. The van der Waals surface area contributed by atoms with Gasteiger partial charge in [-0.2, -0.15) is 0 Å². The van der Waals surface area contributed by atoms with Crippen LogP contribution in [0, 0.1) is 0 Å². The summed E-state index contributed by atoms with van der Waals surface area (Å²) in [5, 5.41) is 4.88. The van der Waals surface area contributed by atoms with E-state index in [9.17, 15) is 19.2 Å². The van der Waals surface area contributed by atoms with Crippen LogP contribution in [0.15, 0.2) is 72.8 Å². The SMILES string of the molecule is C[C@H](NC(=O)CN1C(=O)C(=O)N(Cc2ccccc2)C1=O)c1cccc2ccccc12. The number of nitrogens with zero attached hydrogens (tertiary/aromatic N) is 2. The smallest absolute Gasteiger partial charge is 0.335 e. The van der Waals surface area contributed by atoms with Crippen molar-refractivity contribution in [2.75, 3.05) is 6.54 Å². The number of benzene rings is 3. The first-order valence-corrected chi connectivity index (χ1v) is 9.94. The van der Waals surface area contributed by atoms with Gasteiger partial charge in [-0.05, 0) is 28.8 Å². The van der Waals surface area contributed by atoms with E-state index in [0.717, 1.165) is 21.2 Å². The highest BCUT2D eigenvalue weighted by Gasteiger charge is 2.45. The van der Waals surface area contributed by atoms with E-state index in [0.29, 0.717) is 10.5 Å². The molecule has 1 saturated heterocycles. The second-order valence-corrected chi connectivity index (χ2v) is 7.41. The number of amides is 5. The molecule has 1 N–H and O–H groups in total. The Kier molecular flexibility index (Phi) is 5.49. The Morgan fingerprint density at radius 2 is 1.48 bits per heavy atom. The van der Waals surface area contributed by atoms with E-state index in [4.69, 9.17) is 0 Å². The van der Waals surface area contributed by atoms with Crippen LogP contribution < -0.4 is 5.32 Å². The Labute approximate surface area is 179 Å². The van der Waals surface area contributed by atoms with E-state index in [1.807, 2.05) is 55.5 Å². The third kappa shape index (κ3) is 4.02. The van der Waals surface area contributed by atoms with Crippen LogP contribution in [0.3, 0.4) is 0 Å². The number of fused-ring (bicyclic) bond motifs is 1. The van der Waals surface area contributed by atoms with Crippen LogP contribution >= 0.6 is 0 Å². The molecule has 7 nitrogen and oxygen atoms in total.